The molecule has 0 saturated carbocycles. The molecule has 0 spiro atoms. The summed E-state index contributed by atoms with van der Waals surface area (Å²) in [5.41, 5.74) is 3.20. The highest BCUT2D eigenvalue weighted by Crippen LogP contribution is 2.34. The molecule has 1 N–H and O–H groups in total. The second kappa shape index (κ2) is 6.89. The second-order valence-electron chi connectivity index (χ2n) is 6.67. The van der Waals surface area contributed by atoms with Gasteiger partial charge in [0.25, 0.3) is 0 Å². The van der Waals surface area contributed by atoms with E-state index >= 15 is 0 Å². The molecule has 1 saturated heterocycles. The summed E-state index contributed by atoms with van der Waals surface area (Å²) in [7, 11) is 1.71. The summed E-state index contributed by atoms with van der Waals surface area (Å²) in [6, 6.07) is 14.5. The second-order valence-corrected chi connectivity index (χ2v) is 6.67. The van der Waals surface area contributed by atoms with Gasteiger partial charge in [-0.3, -0.25) is 4.90 Å². The van der Waals surface area contributed by atoms with Crippen molar-refractivity contribution in [1.29, 1.82) is 0 Å². The Labute approximate surface area is 148 Å². The molecule has 130 valence electrons. The number of ether oxygens (including phenoxy) is 1. The highest BCUT2D eigenvalue weighted by molar-refractivity contribution is 6.07. The molecule has 1 aliphatic rings. The Morgan fingerprint density at radius 1 is 1.12 bits per heavy atom. The summed E-state index contributed by atoms with van der Waals surface area (Å²) in [5, 5.41) is 6.15. The van der Waals surface area contributed by atoms with Crippen molar-refractivity contribution in [3.05, 3.63) is 42.5 Å². The van der Waals surface area contributed by atoms with Crippen molar-refractivity contribution in [2.45, 2.75) is 32.4 Å². The van der Waals surface area contributed by atoms with Gasteiger partial charge in [-0.05, 0) is 50.1 Å². The number of aromatic nitrogens is 1. The molecule has 1 unspecified atom stereocenters. The number of para-hydroxylation sites is 1. The molecule has 0 aliphatic carbocycles. The van der Waals surface area contributed by atoms with Gasteiger partial charge in [0.15, 0.2) is 0 Å². The van der Waals surface area contributed by atoms with E-state index in [0.29, 0.717) is 6.17 Å². The van der Waals surface area contributed by atoms with Gasteiger partial charge >= 0.3 is 0 Å². The fraction of sp³-hybridized carbons (Fsp3) is 0.381. The first kappa shape index (κ1) is 16.2. The number of anilines is 1. The third kappa shape index (κ3) is 3.02. The zero-order chi connectivity index (χ0) is 17.2. The number of nitrogens with zero attached hydrogens (tertiary/aromatic N) is 2. The predicted molar refractivity (Wildman–Crippen MR) is 104 cm³/mol. The number of rotatable bonds is 4. The minimum Gasteiger partial charge on any atom is -0.497 e. The molecule has 1 aliphatic heterocycles. The molecular weight excluding hydrogens is 310 g/mol. The lowest BCUT2D eigenvalue weighted by Crippen LogP contribution is -2.44. The largest absolute Gasteiger partial charge is 0.497 e. The zero-order valence-electron chi connectivity index (χ0n) is 15.0. The van der Waals surface area contributed by atoms with Crippen LogP contribution in [0.3, 0.4) is 0 Å². The summed E-state index contributed by atoms with van der Waals surface area (Å²) in [6.07, 6.45) is 4.12. The Balaban J connectivity index is 1.88. The molecule has 2 heterocycles. The SMILES string of the molecule is CCN1CCCCC1Nc1c2ccccc2nc2ccc(OC)cc12. The summed E-state index contributed by atoms with van der Waals surface area (Å²) >= 11 is 0. The summed E-state index contributed by atoms with van der Waals surface area (Å²) < 4.78 is 5.46. The molecule has 25 heavy (non-hydrogen) atoms. The molecular formula is C21H25N3O. The van der Waals surface area contributed by atoms with Gasteiger partial charge in [-0.2, -0.15) is 0 Å². The maximum atomic E-state index is 5.46. The van der Waals surface area contributed by atoms with Crippen LogP contribution in [0.25, 0.3) is 21.8 Å². The number of likely N-dealkylation sites (tertiary alicyclic amines) is 1. The third-order valence-corrected chi connectivity index (χ3v) is 5.22. The van der Waals surface area contributed by atoms with E-state index in [1.165, 1.54) is 36.9 Å². The van der Waals surface area contributed by atoms with Crippen molar-refractivity contribution in [3.63, 3.8) is 0 Å². The summed E-state index contributed by atoms with van der Waals surface area (Å²) in [5.74, 6) is 0.864. The Bertz CT molecular complexity index is 893. The molecule has 2 aromatic carbocycles. The van der Waals surface area contributed by atoms with E-state index in [9.17, 15) is 0 Å². The van der Waals surface area contributed by atoms with Crippen molar-refractivity contribution >= 4 is 27.5 Å². The average molecular weight is 335 g/mol. The van der Waals surface area contributed by atoms with Gasteiger partial charge < -0.3 is 10.1 Å². The number of methoxy groups -OCH3 is 1. The van der Waals surface area contributed by atoms with Gasteiger partial charge in [-0.1, -0.05) is 25.1 Å². The van der Waals surface area contributed by atoms with E-state index in [1.54, 1.807) is 7.11 Å². The van der Waals surface area contributed by atoms with E-state index < -0.39 is 0 Å². The molecule has 1 aromatic heterocycles. The number of hydrogen-bond acceptors (Lipinski definition) is 4. The van der Waals surface area contributed by atoms with Gasteiger partial charge in [0.2, 0.25) is 0 Å². The molecule has 1 atom stereocenters. The standard InChI is InChI=1S/C21H25N3O/c1-3-24-13-7-6-10-20(24)23-21-16-8-4-5-9-18(16)22-19-12-11-15(25-2)14-17(19)21/h4-5,8-9,11-12,14,20H,3,6-7,10,13H2,1-2H3,(H,22,23). The van der Waals surface area contributed by atoms with E-state index in [4.69, 9.17) is 9.72 Å². The van der Waals surface area contributed by atoms with Crippen LogP contribution < -0.4 is 10.1 Å². The van der Waals surface area contributed by atoms with Crippen LogP contribution in [0.15, 0.2) is 42.5 Å². The lowest BCUT2D eigenvalue weighted by atomic mass is 10.0. The van der Waals surface area contributed by atoms with Crippen molar-refractivity contribution in [3.8, 4) is 5.75 Å². The van der Waals surface area contributed by atoms with Gasteiger partial charge in [0, 0.05) is 17.3 Å². The smallest absolute Gasteiger partial charge is 0.119 e. The van der Waals surface area contributed by atoms with Crippen LogP contribution in [0.1, 0.15) is 26.2 Å². The number of hydrogen-bond donors (Lipinski definition) is 1. The fourth-order valence-electron chi connectivity index (χ4n) is 3.85. The van der Waals surface area contributed by atoms with Crippen molar-refractivity contribution < 1.29 is 4.74 Å². The zero-order valence-corrected chi connectivity index (χ0v) is 15.0. The number of benzene rings is 2. The average Bonchev–Trinajstić information content (AvgIpc) is 2.68. The van der Waals surface area contributed by atoms with E-state index in [0.717, 1.165) is 28.7 Å². The Morgan fingerprint density at radius 2 is 1.96 bits per heavy atom. The van der Waals surface area contributed by atoms with Crippen molar-refractivity contribution in [2.24, 2.45) is 0 Å². The molecule has 4 nitrogen and oxygen atoms in total. The monoisotopic (exact) mass is 335 g/mol. The topological polar surface area (TPSA) is 37.4 Å². The van der Waals surface area contributed by atoms with Crippen LogP contribution in [0, 0.1) is 0 Å². The summed E-state index contributed by atoms with van der Waals surface area (Å²) in [4.78, 5) is 7.37. The quantitative estimate of drug-likeness (QED) is 0.705. The maximum Gasteiger partial charge on any atom is 0.119 e. The predicted octanol–water partition coefficient (Wildman–Crippen LogP) is 4.64. The first-order chi connectivity index (χ1) is 12.3. The van der Waals surface area contributed by atoms with Crippen LogP contribution in [0.5, 0.6) is 5.75 Å². The maximum absolute atomic E-state index is 5.46. The van der Waals surface area contributed by atoms with Gasteiger partial charge in [-0.25, -0.2) is 4.98 Å². The minimum absolute atomic E-state index is 0.374. The van der Waals surface area contributed by atoms with E-state index in [2.05, 4.69) is 41.4 Å². The molecule has 0 radical (unpaired) electrons. The van der Waals surface area contributed by atoms with E-state index in [1.807, 2.05) is 18.2 Å². The van der Waals surface area contributed by atoms with Crippen LogP contribution in [0.4, 0.5) is 5.69 Å². The highest BCUT2D eigenvalue weighted by atomic mass is 16.5. The first-order valence-corrected chi connectivity index (χ1v) is 9.17. The third-order valence-electron chi connectivity index (χ3n) is 5.22. The van der Waals surface area contributed by atoms with Crippen molar-refractivity contribution in [2.75, 3.05) is 25.5 Å². The van der Waals surface area contributed by atoms with Gasteiger partial charge in [0.1, 0.15) is 5.75 Å². The summed E-state index contributed by atoms with van der Waals surface area (Å²) in [6.45, 7) is 4.48. The number of piperidine rings is 1. The van der Waals surface area contributed by atoms with Crippen LogP contribution in [-0.4, -0.2) is 36.2 Å². The number of fused-ring (bicyclic) bond motifs is 2. The lowest BCUT2D eigenvalue weighted by molar-refractivity contribution is 0.176. The molecule has 4 rings (SSSR count). The molecule has 1 fully saturated rings. The molecule has 0 amide bonds. The Kier molecular flexibility index (Phi) is 4.45. The van der Waals surface area contributed by atoms with Gasteiger partial charge in [0.05, 0.1) is 30.0 Å². The first-order valence-electron chi connectivity index (χ1n) is 9.17. The Morgan fingerprint density at radius 3 is 2.80 bits per heavy atom. The molecule has 3 aromatic rings. The van der Waals surface area contributed by atoms with Gasteiger partial charge in [-0.15, -0.1) is 0 Å². The fourth-order valence-corrected chi connectivity index (χ4v) is 3.85. The van der Waals surface area contributed by atoms with Crippen LogP contribution in [-0.2, 0) is 0 Å². The highest BCUT2D eigenvalue weighted by Gasteiger charge is 2.22. The number of nitrogens with one attached hydrogen (secondary N) is 1. The van der Waals surface area contributed by atoms with Crippen LogP contribution in [0.2, 0.25) is 0 Å². The van der Waals surface area contributed by atoms with Crippen molar-refractivity contribution in [1.82, 2.24) is 9.88 Å². The van der Waals surface area contributed by atoms with E-state index in [-0.39, 0.29) is 0 Å². The van der Waals surface area contributed by atoms with Crippen LogP contribution >= 0.6 is 0 Å². The normalized spacial score (nSPS) is 18.6. The lowest BCUT2D eigenvalue weighted by Gasteiger charge is -2.36. The minimum atomic E-state index is 0.374. The number of pyridine rings is 1. The Hall–Kier alpha value is -2.33. The molecule has 0 bridgehead atoms. The molecule has 4 heteroatoms.